The van der Waals surface area contributed by atoms with E-state index in [0.717, 1.165) is 16.5 Å². The van der Waals surface area contributed by atoms with Crippen LogP contribution in [-0.2, 0) is 49.3 Å². The third-order valence-corrected chi connectivity index (χ3v) is 5.46. The van der Waals surface area contributed by atoms with Gasteiger partial charge in [-0.1, -0.05) is 39.0 Å². The van der Waals surface area contributed by atoms with E-state index in [4.69, 9.17) is 23.7 Å². The van der Waals surface area contributed by atoms with Crippen LogP contribution in [0.4, 0.5) is 0 Å². The highest BCUT2D eigenvalue weighted by atomic mass is 16.7. The molecule has 3 rings (SSSR count). The molecule has 0 saturated heterocycles. The van der Waals surface area contributed by atoms with Crippen LogP contribution in [0.5, 0.6) is 0 Å². The Morgan fingerprint density at radius 3 is 2.33 bits per heavy atom. The topological polar surface area (TPSA) is 130 Å². The number of H-pyrrole nitrogens is 1. The Morgan fingerprint density at radius 2 is 1.61 bits per heavy atom. The van der Waals surface area contributed by atoms with Crippen molar-refractivity contribution in [2.75, 3.05) is 6.61 Å². The molecule has 0 amide bonds. The predicted octanol–water partition coefficient (Wildman–Crippen LogP) is 3.48. The first kappa shape index (κ1) is 26.9. The number of benzene rings is 1. The van der Waals surface area contributed by atoms with E-state index in [9.17, 15) is 19.2 Å². The second-order valence-corrected chi connectivity index (χ2v) is 8.09. The van der Waals surface area contributed by atoms with Crippen LogP contribution in [-0.4, -0.2) is 54.0 Å². The quantitative estimate of drug-likeness (QED) is 0.384. The second-order valence-electron chi connectivity index (χ2n) is 8.09. The maximum atomic E-state index is 12.8. The van der Waals surface area contributed by atoms with Crippen LogP contribution in [0.25, 0.3) is 10.9 Å². The normalized spacial score (nSPS) is 19.6. The molecule has 0 spiro atoms. The first-order chi connectivity index (χ1) is 17.3. The van der Waals surface area contributed by atoms with Gasteiger partial charge in [0, 0.05) is 48.9 Å². The van der Waals surface area contributed by atoms with Gasteiger partial charge < -0.3 is 28.7 Å². The van der Waals surface area contributed by atoms with Crippen molar-refractivity contribution in [1.82, 2.24) is 4.98 Å². The van der Waals surface area contributed by atoms with Gasteiger partial charge >= 0.3 is 23.9 Å². The zero-order valence-electron chi connectivity index (χ0n) is 20.6. The summed E-state index contributed by atoms with van der Waals surface area (Å²) in [6, 6.07) is 7.73. The lowest BCUT2D eigenvalue weighted by Gasteiger charge is -2.26. The van der Waals surface area contributed by atoms with E-state index in [1.54, 1.807) is 20.8 Å². The molecule has 1 aromatic heterocycles. The van der Waals surface area contributed by atoms with Gasteiger partial charge in [-0.3, -0.25) is 19.2 Å². The molecule has 10 heteroatoms. The molecule has 0 saturated carbocycles. The SMILES string of the molecule is CCC(=O)OC1=C[C@H](OC(=O)CC)CO[C@@H](OC(=O)CCc2c[nH]c3ccccc23)[C@@H]1OC(=O)CC. The van der Waals surface area contributed by atoms with Crippen LogP contribution < -0.4 is 0 Å². The van der Waals surface area contributed by atoms with Gasteiger partial charge in [0.2, 0.25) is 12.4 Å². The van der Waals surface area contributed by atoms with Gasteiger partial charge in [-0.15, -0.1) is 0 Å². The Kier molecular flexibility index (Phi) is 9.63. The molecule has 1 aliphatic rings. The minimum atomic E-state index is -1.41. The molecule has 0 radical (unpaired) electrons. The van der Waals surface area contributed by atoms with Gasteiger partial charge in [-0.25, -0.2) is 0 Å². The molecule has 3 atom stereocenters. The Morgan fingerprint density at radius 1 is 0.917 bits per heavy atom. The summed E-state index contributed by atoms with van der Waals surface area (Å²) in [7, 11) is 0. The van der Waals surface area contributed by atoms with E-state index in [1.807, 2.05) is 30.5 Å². The van der Waals surface area contributed by atoms with Crippen molar-refractivity contribution in [2.45, 2.75) is 71.4 Å². The van der Waals surface area contributed by atoms with Gasteiger partial charge in [0.1, 0.15) is 6.10 Å². The summed E-state index contributed by atoms with van der Waals surface area (Å²) in [6.45, 7) is 4.63. The van der Waals surface area contributed by atoms with Crippen molar-refractivity contribution in [3.63, 3.8) is 0 Å². The lowest BCUT2D eigenvalue weighted by molar-refractivity contribution is -0.214. The number of carbonyl (C=O) groups excluding carboxylic acids is 4. The minimum absolute atomic E-state index is 0.0260. The molecule has 1 aliphatic heterocycles. The molecule has 2 aromatic rings. The largest absolute Gasteiger partial charge is 0.455 e. The van der Waals surface area contributed by atoms with Gasteiger partial charge in [0.05, 0.1) is 6.61 Å². The fourth-order valence-corrected chi connectivity index (χ4v) is 3.55. The summed E-state index contributed by atoms with van der Waals surface area (Å²) in [5.74, 6) is -2.45. The third kappa shape index (κ3) is 7.17. The standard InChI is InChI=1S/C26H31NO9/c1-4-21(28)33-17-13-20(34-22(29)5-2)25(35-23(30)6-3)26(32-15-17)36-24(31)12-11-16-14-27-19-10-8-7-9-18(16)19/h7-10,13-14,17,25-27H,4-6,11-12,15H2,1-3H3/t17-,25+,26-/m0/s1. The number of fused-ring (bicyclic) bond motifs is 1. The van der Waals surface area contributed by atoms with Crippen LogP contribution >= 0.6 is 0 Å². The molecule has 194 valence electrons. The van der Waals surface area contributed by atoms with Crippen LogP contribution in [0.1, 0.15) is 52.0 Å². The second kappa shape index (κ2) is 12.9. The third-order valence-electron chi connectivity index (χ3n) is 5.46. The highest BCUT2D eigenvalue weighted by Crippen LogP contribution is 2.25. The van der Waals surface area contributed by atoms with Crippen molar-refractivity contribution in [1.29, 1.82) is 0 Å². The van der Waals surface area contributed by atoms with E-state index in [-0.39, 0.29) is 38.0 Å². The number of carbonyl (C=O) groups is 4. The summed E-state index contributed by atoms with van der Waals surface area (Å²) in [5, 5.41) is 1.00. The minimum Gasteiger partial charge on any atom is -0.455 e. The van der Waals surface area contributed by atoms with E-state index in [2.05, 4.69) is 4.98 Å². The summed E-state index contributed by atoms with van der Waals surface area (Å²) in [6.07, 6.45) is 0.106. The number of hydrogen-bond acceptors (Lipinski definition) is 9. The first-order valence-corrected chi connectivity index (χ1v) is 12.0. The predicted molar refractivity (Wildman–Crippen MR) is 127 cm³/mol. The molecule has 0 fully saturated rings. The molecule has 2 heterocycles. The van der Waals surface area contributed by atoms with E-state index < -0.39 is 42.4 Å². The van der Waals surface area contributed by atoms with Crippen LogP contribution in [0.3, 0.4) is 0 Å². The van der Waals surface area contributed by atoms with E-state index in [1.165, 1.54) is 6.08 Å². The van der Waals surface area contributed by atoms with Gasteiger partial charge in [-0.2, -0.15) is 0 Å². The fraction of sp³-hybridized carbons (Fsp3) is 0.462. The number of esters is 4. The molecular weight excluding hydrogens is 470 g/mol. The molecular formula is C26H31NO9. The number of ether oxygens (including phenoxy) is 5. The first-order valence-electron chi connectivity index (χ1n) is 12.0. The maximum absolute atomic E-state index is 12.8. The average Bonchev–Trinajstić information content (AvgIpc) is 3.24. The highest BCUT2D eigenvalue weighted by Gasteiger charge is 2.39. The number of rotatable bonds is 10. The number of nitrogens with one attached hydrogen (secondary N) is 1. The Labute approximate surface area is 208 Å². The number of hydrogen-bond donors (Lipinski definition) is 1. The summed E-state index contributed by atoms with van der Waals surface area (Å²) in [5.41, 5.74) is 1.90. The van der Waals surface area contributed by atoms with Crippen molar-refractivity contribution < 1.29 is 42.9 Å². The lowest BCUT2D eigenvalue weighted by atomic mass is 10.1. The summed E-state index contributed by atoms with van der Waals surface area (Å²) >= 11 is 0. The Hall–Kier alpha value is -3.66. The van der Waals surface area contributed by atoms with Gasteiger partial charge in [-0.05, 0) is 18.1 Å². The summed E-state index contributed by atoms with van der Waals surface area (Å²) in [4.78, 5) is 52.0. The van der Waals surface area contributed by atoms with Crippen LogP contribution in [0.2, 0.25) is 0 Å². The Bertz CT molecular complexity index is 1120. The lowest BCUT2D eigenvalue weighted by Crippen LogP contribution is -2.39. The molecule has 0 aliphatic carbocycles. The molecule has 1 aromatic carbocycles. The summed E-state index contributed by atoms with van der Waals surface area (Å²) < 4.78 is 27.4. The van der Waals surface area contributed by atoms with E-state index in [0.29, 0.717) is 6.42 Å². The highest BCUT2D eigenvalue weighted by molar-refractivity contribution is 5.83. The smallest absolute Gasteiger partial charge is 0.310 e. The Balaban J connectivity index is 1.78. The number of para-hydroxylation sites is 1. The monoisotopic (exact) mass is 501 g/mol. The number of aromatic nitrogens is 1. The zero-order chi connectivity index (χ0) is 26.1. The zero-order valence-corrected chi connectivity index (χ0v) is 20.6. The number of aryl methyl sites for hydroxylation is 1. The maximum Gasteiger partial charge on any atom is 0.310 e. The molecule has 0 bridgehead atoms. The van der Waals surface area contributed by atoms with Gasteiger partial charge in [0.25, 0.3) is 0 Å². The van der Waals surface area contributed by atoms with Gasteiger partial charge in [0.15, 0.2) is 5.76 Å². The molecule has 36 heavy (non-hydrogen) atoms. The van der Waals surface area contributed by atoms with Crippen LogP contribution in [0.15, 0.2) is 42.3 Å². The molecule has 10 nitrogen and oxygen atoms in total. The van der Waals surface area contributed by atoms with Crippen LogP contribution in [0, 0.1) is 0 Å². The number of aromatic amines is 1. The fourth-order valence-electron chi connectivity index (χ4n) is 3.55. The van der Waals surface area contributed by atoms with Crippen molar-refractivity contribution >= 4 is 34.8 Å². The van der Waals surface area contributed by atoms with Crippen molar-refractivity contribution in [3.8, 4) is 0 Å². The molecule has 1 N–H and O–H groups in total. The van der Waals surface area contributed by atoms with Crippen molar-refractivity contribution in [2.24, 2.45) is 0 Å². The average molecular weight is 502 g/mol. The van der Waals surface area contributed by atoms with Crippen molar-refractivity contribution in [3.05, 3.63) is 47.9 Å². The van der Waals surface area contributed by atoms with E-state index >= 15 is 0 Å². The molecule has 0 unspecified atom stereocenters.